The van der Waals surface area contributed by atoms with Crippen LogP contribution in [0.4, 0.5) is 0 Å². The number of ether oxygens (including phenoxy) is 4. The van der Waals surface area contributed by atoms with Crippen molar-refractivity contribution in [2.75, 3.05) is 27.9 Å². The van der Waals surface area contributed by atoms with Gasteiger partial charge in [-0.15, -0.1) is 0 Å². The molecular formula is C25H36O4. The number of hydrogen-bond acceptors (Lipinski definition) is 4. The quantitative estimate of drug-likeness (QED) is 0.411. The molecule has 0 aliphatic heterocycles. The number of allylic oxidation sites excluding steroid dienone is 1. The van der Waals surface area contributed by atoms with E-state index in [2.05, 4.69) is 38.6 Å². The third kappa shape index (κ3) is 9.05. The molecule has 1 atom stereocenters. The maximum atomic E-state index is 5.99. The first-order valence-electron chi connectivity index (χ1n) is 10.1. The minimum atomic E-state index is 0.213. The molecule has 0 N–H and O–H groups in total. The average Bonchev–Trinajstić information content (AvgIpc) is 2.76. The van der Waals surface area contributed by atoms with Gasteiger partial charge in [0, 0.05) is 12.3 Å². The van der Waals surface area contributed by atoms with Gasteiger partial charge in [-0.25, -0.2) is 0 Å². The molecule has 0 aliphatic carbocycles. The molecule has 0 heterocycles. The van der Waals surface area contributed by atoms with Gasteiger partial charge in [0.1, 0.15) is 0 Å². The zero-order valence-corrected chi connectivity index (χ0v) is 18.6. The van der Waals surface area contributed by atoms with E-state index in [0.717, 1.165) is 35.7 Å². The molecule has 2 aromatic carbocycles. The summed E-state index contributed by atoms with van der Waals surface area (Å²) in [6, 6.07) is 16.2. The normalized spacial score (nSPS) is 11.1. The lowest BCUT2D eigenvalue weighted by Gasteiger charge is -2.20. The SMILES string of the molecule is C=C(CC[C@H](COCc1ccccc1)c1ccc(OC)c(OC)c1)OC.CCC. The molecule has 0 aliphatic rings. The second kappa shape index (κ2) is 14.5. The highest BCUT2D eigenvalue weighted by Crippen LogP contribution is 2.33. The summed E-state index contributed by atoms with van der Waals surface area (Å²) >= 11 is 0. The molecule has 0 spiro atoms. The summed E-state index contributed by atoms with van der Waals surface area (Å²) in [6.45, 7) is 9.38. The van der Waals surface area contributed by atoms with Crippen LogP contribution in [0.1, 0.15) is 50.2 Å². The van der Waals surface area contributed by atoms with Gasteiger partial charge in [0.15, 0.2) is 11.5 Å². The summed E-state index contributed by atoms with van der Waals surface area (Å²) < 4.78 is 22.0. The van der Waals surface area contributed by atoms with Crippen molar-refractivity contribution in [1.29, 1.82) is 0 Å². The first-order chi connectivity index (χ1) is 14.1. The Balaban J connectivity index is 0.00000132. The Morgan fingerprint density at radius 1 is 0.931 bits per heavy atom. The maximum absolute atomic E-state index is 5.99. The summed E-state index contributed by atoms with van der Waals surface area (Å²) in [5, 5.41) is 0. The van der Waals surface area contributed by atoms with E-state index in [1.165, 1.54) is 12.0 Å². The first-order valence-corrected chi connectivity index (χ1v) is 10.1. The summed E-state index contributed by atoms with van der Waals surface area (Å²) in [4.78, 5) is 0. The Hall–Kier alpha value is -2.46. The van der Waals surface area contributed by atoms with Gasteiger partial charge >= 0.3 is 0 Å². The Bertz CT molecular complexity index is 697. The van der Waals surface area contributed by atoms with Crippen LogP contribution in [-0.2, 0) is 16.1 Å². The van der Waals surface area contributed by atoms with Gasteiger partial charge in [0.25, 0.3) is 0 Å². The molecule has 160 valence electrons. The topological polar surface area (TPSA) is 36.9 Å². The Morgan fingerprint density at radius 3 is 2.17 bits per heavy atom. The Morgan fingerprint density at radius 2 is 1.59 bits per heavy atom. The highest BCUT2D eigenvalue weighted by Gasteiger charge is 2.16. The summed E-state index contributed by atoms with van der Waals surface area (Å²) in [5.41, 5.74) is 2.32. The zero-order valence-electron chi connectivity index (χ0n) is 18.6. The van der Waals surface area contributed by atoms with Crippen molar-refractivity contribution in [1.82, 2.24) is 0 Å². The van der Waals surface area contributed by atoms with Crippen molar-refractivity contribution in [3.63, 3.8) is 0 Å². The molecule has 0 saturated carbocycles. The van der Waals surface area contributed by atoms with Crippen LogP contribution in [0.5, 0.6) is 11.5 Å². The molecule has 0 bridgehead atoms. The van der Waals surface area contributed by atoms with E-state index >= 15 is 0 Å². The molecule has 0 amide bonds. The molecule has 2 aromatic rings. The van der Waals surface area contributed by atoms with E-state index in [9.17, 15) is 0 Å². The summed E-state index contributed by atoms with van der Waals surface area (Å²) in [5.74, 6) is 2.44. The standard InChI is InChI=1S/C22H28O4.C3H8/c1-17(23-2)10-11-20(16-26-15-18-8-6-5-7-9-18)19-12-13-21(24-3)22(14-19)25-4;1-3-2/h5-9,12-14,20H,1,10-11,15-16H2,2-4H3;3H2,1-2H3/t20-;/m1./s1. The molecular weight excluding hydrogens is 364 g/mol. The third-order valence-corrected chi connectivity index (χ3v) is 4.37. The molecule has 0 unspecified atom stereocenters. The van der Waals surface area contributed by atoms with Crippen molar-refractivity contribution < 1.29 is 18.9 Å². The van der Waals surface area contributed by atoms with Crippen LogP contribution < -0.4 is 9.47 Å². The molecule has 29 heavy (non-hydrogen) atoms. The number of rotatable bonds is 11. The van der Waals surface area contributed by atoms with Crippen LogP contribution in [0.25, 0.3) is 0 Å². The maximum Gasteiger partial charge on any atom is 0.160 e. The monoisotopic (exact) mass is 400 g/mol. The molecule has 4 heteroatoms. The van der Waals surface area contributed by atoms with Gasteiger partial charge in [-0.3, -0.25) is 0 Å². The fraction of sp³-hybridized carbons (Fsp3) is 0.440. The van der Waals surface area contributed by atoms with Gasteiger partial charge in [0.2, 0.25) is 0 Å². The van der Waals surface area contributed by atoms with Gasteiger partial charge < -0.3 is 18.9 Å². The van der Waals surface area contributed by atoms with Crippen LogP contribution in [0, 0.1) is 0 Å². The van der Waals surface area contributed by atoms with Crippen molar-refractivity contribution in [3.8, 4) is 11.5 Å². The predicted molar refractivity (Wildman–Crippen MR) is 120 cm³/mol. The molecule has 0 aromatic heterocycles. The first kappa shape index (κ1) is 24.6. The smallest absolute Gasteiger partial charge is 0.160 e. The van der Waals surface area contributed by atoms with Crippen LogP contribution in [0.15, 0.2) is 60.9 Å². The van der Waals surface area contributed by atoms with Crippen molar-refractivity contribution in [2.24, 2.45) is 0 Å². The van der Waals surface area contributed by atoms with Crippen LogP contribution in [0.3, 0.4) is 0 Å². The Kier molecular flexibility index (Phi) is 12.3. The highest BCUT2D eigenvalue weighted by atomic mass is 16.5. The number of methoxy groups -OCH3 is 3. The minimum absolute atomic E-state index is 0.213. The lowest BCUT2D eigenvalue weighted by atomic mass is 9.94. The van der Waals surface area contributed by atoms with Gasteiger partial charge in [0.05, 0.1) is 40.3 Å². The highest BCUT2D eigenvalue weighted by molar-refractivity contribution is 5.44. The molecule has 0 radical (unpaired) electrons. The van der Waals surface area contributed by atoms with Crippen molar-refractivity contribution >= 4 is 0 Å². The average molecular weight is 401 g/mol. The lowest BCUT2D eigenvalue weighted by molar-refractivity contribution is 0.103. The molecule has 0 saturated heterocycles. The van der Waals surface area contributed by atoms with Crippen LogP contribution in [0.2, 0.25) is 0 Å². The summed E-state index contributed by atoms with van der Waals surface area (Å²) in [7, 11) is 4.94. The van der Waals surface area contributed by atoms with E-state index in [0.29, 0.717) is 13.2 Å². The van der Waals surface area contributed by atoms with E-state index in [-0.39, 0.29) is 5.92 Å². The fourth-order valence-corrected chi connectivity index (χ4v) is 2.78. The van der Waals surface area contributed by atoms with Gasteiger partial charge in [-0.2, -0.15) is 0 Å². The predicted octanol–water partition coefficient (Wildman–Crippen LogP) is 6.36. The van der Waals surface area contributed by atoms with Gasteiger partial charge in [-0.05, 0) is 29.7 Å². The largest absolute Gasteiger partial charge is 0.502 e. The number of hydrogen-bond donors (Lipinski definition) is 0. The summed E-state index contributed by atoms with van der Waals surface area (Å²) in [6.07, 6.45) is 2.92. The zero-order chi connectivity index (χ0) is 21.5. The Labute approximate surface area is 176 Å². The van der Waals surface area contributed by atoms with Crippen LogP contribution >= 0.6 is 0 Å². The number of benzene rings is 2. The molecule has 4 nitrogen and oxygen atoms in total. The van der Waals surface area contributed by atoms with E-state index in [1.54, 1.807) is 21.3 Å². The second-order valence-corrected chi connectivity index (χ2v) is 6.80. The van der Waals surface area contributed by atoms with Crippen molar-refractivity contribution in [2.45, 2.75) is 45.6 Å². The third-order valence-electron chi connectivity index (χ3n) is 4.37. The minimum Gasteiger partial charge on any atom is -0.502 e. The van der Waals surface area contributed by atoms with Crippen molar-refractivity contribution in [3.05, 3.63) is 72.0 Å². The van der Waals surface area contributed by atoms with E-state index in [1.807, 2.05) is 30.3 Å². The van der Waals surface area contributed by atoms with Gasteiger partial charge in [-0.1, -0.05) is 63.2 Å². The molecule has 2 rings (SSSR count). The fourth-order valence-electron chi connectivity index (χ4n) is 2.78. The van der Waals surface area contributed by atoms with E-state index in [4.69, 9.17) is 18.9 Å². The molecule has 0 fully saturated rings. The second-order valence-electron chi connectivity index (χ2n) is 6.80. The van der Waals surface area contributed by atoms with Crippen LogP contribution in [-0.4, -0.2) is 27.9 Å². The lowest BCUT2D eigenvalue weighted by Crippen LogP contribution is -2.09. The van der Waals surface area contributed by atoms with E-state index < -0.39 is 0 Å².